The molecular weight excluding hydrogens is 465 g/mol. The van der Waals surface area contributed by atoms with E-state index in [1.54, 1.807) is 30.3 Å². The second-order valence-electron chi connectivity index (χ2n) is 8.27. The van der Waals surface area contributed by atoms with Crippen molar-refractivity contribution in [3.8, 4) is 11.5 Å². The summed E-state index contributed by atoms with van der Waals surface area (Å²) in [6.07, 6.45) is 1.44. The Morgan fingerprint density at radius 3 is 2.64 bits per heavy atom. The van der Waals surface area contributed by atoms with Crippen molar-refractivity contribution < 1.29 is 18.7 Å². The number of hydrogen-bond donors (Lipinski definition) is 1. The summed E-state index contributed by atoms with van der Waals surface area (Å²) in [4.78, 5) is 39.2. The van der Waals surface area contributed by atoms with Crippen molar-refractivity contribution in [2.24, 2.45) is 0 Å². The van der Waals surface area contributed by atoms with E-state index in [4.69, 9.17) is 9.47 Å². The molecule has 0 saturated heterocycles. The van der Waals surface area contributed by atoms with Crippen LogP contribution in [0.25, 0.3) is 10.9 Å². The van der Waals surface area contributed by atoms with E-state index in [9.17, 15) is 18.8 Å². The second-order valence-corrected chi connectivity index (χ2v) is 8.27. The lowest BCUT2D eigenvalue weighted by molar-refractivity contribution is 0.0951. The highest BCUT2D eigenvalue weighted by molar-refractivity contribution is 5.97. The van der Waals surface area contributed by atoms with Crippen molar-refractivity contribution in [2.45, 2.75) is 19.6 Å². The number of aromatic nitrogens is 2. The van der Waals surface area contributed by atoms with Crippen LogP contribution in [0.3, 0.4) is 0 Å². The summed E-state index contributed by atoms with van der Waals surface area (Å²) in [6.45, 7) is 3.90. The zero-order valence-electron chi connectivity index (χ0n) is 19.2. The molecule has 1 amide bonds. The molecule has 4 aromatic rings. The monoisotopic (exact) mass is 487 g/mol. The van der Waals surface area contributed by atoms with Gasteiger partial charge in [-0.05, 0) is 42.0 Å². The highest BCUT2D eigenvalue weighted by atomic mass is 19.1. The number of halogens is 1. The number of nitrogens with one attached hydrogen (secondary N) is 1. The third-order valence-electron chi connectivity index (χ3n) is 5.98. The van der Waals surface area contributed by atoms with Crippen LogP contribution in [0.2, 0.25) is 0 Å². The first-order valence-electron chi connectivity index (χ1n) is 11.2. The molecule has 1 aliphatic heterocycles. The average molecular weight is 487 g/mol. The third-order valence-corrected chi connectivity index (χ3v) is 5.98. The van der Waals surface area contributed by atoms with Crippen LogP contribution in [0, 0.1) is 5.82 Å². The number of benzene rings is 3. The number of hydrogen-bond acceptors (Lipinski definition) is 5. The van der Waals surface area contributed by atoms with Gasteiger partial charge in [0.15, 0.2) is 11.5 Å². The first-order chi connectivity index (χ1) is 17.5. The highest BCUT2D eigenvalue weighted by Gasteiger charge is 2.17. The van der Waals surface area contributed by atoms with Crippen LogP contribution < -0.4 is 26.0 Å². The van der Waals surface area contributed by atoms with E-state index in [0.29, 0.717) is 11.5 Å². The van der Waals surface area contributed by atoms with Gasteiger partial charge in [0, 0.05) is 24.2 Å². The Hall–Kier alpha value is -4.66. The van der Waals surface area contributed by atoms with Gasteiger partial charge in [-0.3, -0.25) is 18.7 Å². The number of fused-ring (bicyclic) bond motifs is 2. The van der Waals surface area contributed by atoms with Crippen molar-refractivity contribution in [3.05, 3.63) is 117 Å². The normalized spacial score (nSPS) is 12.0. The number of carbonyl (C=O) groups excluding carboxylic acids is 1. The van der Waals surface area contributed by atoms with E-state index in [1.807, 2.05) is 6.07 Å². The predicted octanol–water partition coefficient (Wildman–Crippen LogP) is 3.20. The van der Waals surface area contributed by atoms with Crippen LogP contribution in [-0.4, -0.2) is 21.8 Å². The minimum Gasteiger partial charge on any atom is -0.454 e. The average Bonchev–Trinajstić information content (AvgIpc) is 3.36. The van der Waals surface area contributed by atoms with E-state index in [1.165, 1.54) is 34.9 Å². The fourth-order valence-corrected chi connectivity index (χ4v) is 4.13. The predicted molar refractivity (Wildman–Crippen MR) is 132 cm³/mol. The second kappa shape index (κ2) is 9.53. The minimum absolute atomic E-state index is 0.00263. The largest absolute Gasteiger partial charge is 0.454 e. The van der Waals surface area contributed by atoms with Crippen LogP contribution >= 0.6 is 0 Å². The Labute approximate surface area is 204 Å². The number of nitrogens with zero attached hydrogens (tertiary/aromatic N) is 2. The summed E-state index contributed by atoms with van der Waals surface area (Å²) >= 11 is 0. The molecule has 1 aromatic heterocycles. The lowest BCUT2D eigenvalue weighted by Gasteiger charge is -2.15. The molecule has 2 heterocycles. The van der Waals surface area contributed by atoms with Crippen molar-refractivity contribution >= 4 is 16.8 Å². The molecule has 9 heteroatoms. The van der Waals surface area contributed by atoms with Gasteiger partial charge in [0.25, 0.3) is 11.5 Å². The van der Waals surface area contributed by atoms with Gasteiger partial charge in [0.2, 0.25) is 6.79 Å². The summed E-state index contributed by atoms with van der Waals surface area (Å²) in [7, 11) is 0. The number of rotatable bonds is 7. The molecule has 1 aliphatic rings. The number of amides is 1. The van der Waals surface area contributed by atoms with Gasteiger partial charge in [-0.1, -0.05) is 30.3 Å². The fraction of sp³-hybridized carbons (Fsp3) is 0.148. The number of carbonyl (C=O) groups is 1. The van der Waals surface area contributed by atoms with Crippen molar-refractivity contribution in [1.29, 1.82) is 0 Å². The van der Waals surface area contributed by atoms with Crippen LogP contribution in [0.15, 0.2) is 82.9 Å². The molecular formula is C27H22FN3O5. The summed E-state index contributed by atoms with van der Waals surface area (Å²) in [5, 5.41) is 3.07. The number of ether oxygens (including phenoxy) is 2. The lowest BCUT2D eigenvalue weighted by Crippen LogP contribution is -2.40. The molecule has 3 aromatic carbocycles. The Morgan fingerprint density at radius 1 is 1.03 bits per heavy atom. The molecule has 5 rings (SSSR count). The smallest absolute Gasteiger partial charge is 0.332 e. The lowest BCUT2D eigenvalue weighted by atomic mass is 10.1. The van der Waals surface area contributed by atoms with Crippen LogP contribution in [0.5, 0.6) is 11.5 Å². The van der Waals surface area contributed by atoms with Gasteiger partial charge in [-0.25, -0.2) is 9.18 Å². The zero-order valence-corrected chi connectivity index (χ0v) is 19.2. The minimum atomic E-state index is -0.617. The number of allylic oxidation sites excluding steroid dienone is 1. The topological polar surface area (TPSA) is 91.6 Å². The van der Waals surface area contributed by atoms with E-state index >= 15 is 0 Å². The molecule has 0 atom stereocenters. The molecule has 8 nitrogen and oxygen atoms in total. The van der Waals surface area contributed by atoms with Gasteiger partial charge in [-0.15, -0.1) is 6.58 Å². The van der Waals surface area contributed by atoms with E-state index < -0.39 is 23.0 Å². The molecule has 1 N–H and O–H groups in total. The zero-order chi connectivity index (χ0) is 25.2. The highest BCUT2D eigenvalue weighted by Crippen LogP contribution is 2.32. The summed E-state index contributed by atoms with van der Waals surface area (Å²) in [5.41, 5.74) is 0.468. The van der Waals surface area contributed by atoms with Gasteiger partial charge >= 0.3 is 5.69 Å². The summed E-state index contributed by atoms with van der Waals surface area (Å²) < 4.78 is 27.4. The maximum Gasteiger partial charge on any atom is 0.332 e. The molecule has 182 valence electrons. The maximum absolute atomic E-state index is 14.4. The molecule has 0 fully saturated rings. The Bertz CT molecular complexity index is 1620. The third kappa shape index (κ3) is 4.26. The quantitative estimate of drug-likeness (QED) is 0.405. The van der Waals surface area contributed by atoms with Gasteiger partial charge in [-0.2, -0.15) is 0 Å². The first-order valence-corrected chi connectivity index (χ1v) is 11.2. The Balaban J connectivity index is 1.51. The fourth-order valence-electron chi connectivity index (χ4n) is 4.13. The first kappa shape index (κ1) is 23.1. The van der Waals surface area contributed by atoms with Crippen molar-refractivity contribution in [3.63, 3.8) is 0 Å². The standard InChI is InChI=1S/C27H22FN3O5/c1-2-11-30-26(33)20-9-8-18(25(32)29-14-17-7-10-23-24(12-17)36-16-35-23)13-22(20)31(27(30)34)15-19-5-3-4-6-21(19)28/h2-10,12-13H,1,11,14-16H2,(H,29,32). The van der Waals surface area contributed by atoms with E-state index in [-0.39, 0.29) is 48.5 Å². The van der Waals surface area contributed by atoms with Gasteiger partial charge < -0.3 is 14.8 Å². The van der Waals surface area contributed by atoms with Crippen LogP contribution in [0.4, 0.5) is 4.39 Å². The molecule has 0 saturated carbocycles. The van der Waals surface area contributed by atoms with Gasteiger partial charge in [0.05, 0.1) is 17.4 Å². The van der Waals surface area contributed by atoms with E-state index in [2.05, 4.69) is 11.9 Å². The summed E-state index contributed by atoms with van der Waals surface area (Å²) in [5.74, 6) is 0.390. The molecule has 0 spiro atoms. The molecule has 0 unspecified atom stereocenters. The maximum atomic E-state index is 14.4. The van der Waals surface area contributed by atoms with Crippen molar-refractivity contribution in [1.82, 2.24) is 14.5 Å². The van der Waals surface area contributed by atoms with Crippen LogP contribution in [-0.2, 0) is 19.6 Å². The molecule has 0 radical (unpaired) electrons. The SMILES string of the molecule is C=CCn1c(=O)c2ccc(C(=O)NCc3ccc4c(c3)OCO4)cc2n(Cc2ccccc2F)c1=O. The van der Waals surface area contributed by atoms with Gasteiger partial charge in [0.1, 0.15) is 5.82 Å². The molecule has 36 heavy (non-hydrogen) atoms. The molecule has 0 aliphatic carbocycles. The van der Waals surface area contributed by atoms with Crippen LogP contribution in [0.1, 0.15) is 21.5 Å². The summed E-state index contributed by atoms with van der Waals surface area (Å²) in [6, 6.07) is 16.0. The van der Waals surface area contributed by atoms with Crippen molar-refractivity contribution in [2.75, 3.05) is 6.79 Å². The van der Waals surface area contributed by atoms with E-state index in [0.717, 1.165) is 10.1 Å². The Morgan fingerprint density at radius 2 is 1.83 bits per heavy atom. The Kier molecular flexibility index (Phi) is 6.12. The molecule has 0 bridgehead atoms.